The van der Waals surface area contributed by atoms with Gasteiger partial charge in [0.05, 0.1) is 5.69 Å². The fourth-order valence-corrected chi connectivity index (χ4v) is 2.18. The van der Waals surface area contributed by atoms with Gasteiger partial charge >= 0.3 is 6.18 Å². The lowest BCUT2D eigenvalue weighted by Gasteiger charge is -2.08. The minimum absolute atomic E-state index is 0.239. The van der Waals surface area contributed by atoms with Gasteiger partial charge in [0.15, 0.2) is 5.69 Å². The van der Waals surface area contributed by atoms with Crippen LogP contribution < -0.4 is 5.32 Å². The molecule has 1 aromatic carbocycles. The third kappa shape index (κ3) is 5.87. The zero-order valence-corrected chi connectivity index (χ0v) is 14.7. The van der Waals surface area contributed by atoms with Gasteiger partial charge in [-0.15, -0.1) is 0 Å². The highest BCUT2D eigenvalue weighted by Gasteiger charge is 2.33. The van der Waals surface area contributed by atoms with Crippen molar-refractivity contribution < 1.29 is 22.7 Å². The Bertz CT molecular complexity index is 709. The minimum Gasteiger partial charge on any atom is -0.381 e. The van der Waals surface area contributed by atoms with Crippen molar-refractivity contribution in [1.29, 1.82) is 0 Å². The normalized spacial score (nSPS) is 11.8. The van der Waals surface area contributed by atoms with Crippen molar-refractivity contribution >= 4 is 5.91 Å². The molecule has 0 fully saturated rings. The standard InChI is InChI=1S/C18H22F3N3O2/c1-13(2)12-26-11-3-9-22-17(25)14-4-6-15(7-5-14)24-10-8-16(23-24)18(19,20)21/h4-8,10,13H,3,9,11-12H2,1-2H3,(H,22,25). The molecule has 1 aromatic heterocycles. The first-order valence-electron chi connectivity index (χ1n) is 8.36. The van der Waals surface area contributed by atoms with E-state index in [9.17, 15) is 18.0 Å². The summed E-state index contributed by atoms with van der Waals surface area (Å²) in [5.41, 5.74) is -0.0850. The van der Waals surface area contributed by atoms with Crippen molar-refractivity contribution in [2.75, 3.05) is 19.8 Å². The second-order valence-electron chi connectivity index (χ2n) is 6.27. The van der Waals surface area contributed by atoms with Gasteiger partial charge in [-0.1, -0.05) is 13.8 Å². The van der Waals surface area contributed by atoms with Crippen LogP contribution in [0.4, 0.5) is 13.2 Å². The number of rotatable bonds is 8. The smallest absolute Gasteiger partial charge is 0.381 e. The largest absolute Gasteiger partial charge is 0.435 e. The van der Waals surface area contributed by atoms with E-state index in [2.05, 4.69) is 24.3 Å². The number of alkyl halides is 3. The number of ether oxygens (including phenoxy) is 1. The molecule has 1 amide bonds. The van der Waals surface area contributed by atoms with Gasteiger partial charge in [0, 0.05) is 31.5 Å². The van der Waals surface area contributed by atoms with E-state index in [-0.39, 0.29) is 5.91 Å². The fourth-order valence-electron chi connectivity index (χ4n) is 2.18. The number of hydrogen-bond acceptors (Lipinski definition) is 3. The minimum atomic E-state index is -4.48. The number of carbonyl (C=O) groups is 1. The summed E-state index contributed by atoms with van der Waals surface area (Å²) in [6.07, 6.45) is -2.54. The molecule has 1 N–H and O–H groups in total. The quantitative estimate of drug-likeness (QED) is 0.722. The van der Waals surface area contributed by atoms with Gasteiger partial charge in [-0.2, -0.15) is 18.3 Å². The Morgan fingerprint density at radius 2 is 1.92 bits per heavy atom. The highest BCUT2D eigenvalue weighted by molar-refractivity contribution is 5.94. The van der Waals surface area contributed by atoms with E-state index in [0.29, 0.717) is 43.3 Å². The fraction of sp³-hybridized carbons (Fsp3) is 0.444. The van der Waals surface area contributed by atoms with Gasteiger partial charge in [0.25, 0.3) is 5.91 Å². The summed E-state index contributed by atoms with van der Waals surface area (Å²) in [5, 5.41) is 6.27. The third-order valence-electron chi connectivity index (χ3n) is 3.48. The lowest BCUT2D eigenvalue weighted by molar-refractivity contribution is -0.141. The van der Waals surface area contributed by atoms with Crippen LogP contribution in [0, 0.1) is 5.92 Å². The first kappa shape index (κ1) is 20.0. The molecule has 0 bridgehead atoms. The Morgan fingerprint density at radius 3 is 2.50 bits per heavy atom. The van der Waals surface area contributed by atoms with Crippen molar-refractivity contribution in [3.05, 3.63) is 47.8 Å². The van der Waals surface area contributed by atoms with Gasteiger partial charge in [-0.05, 0) is 42.7 Å². The molecule has 26 heavy (non-hydrogen) atoms. The maximum Gasteiger partial charge on any atom is 0.435 e. The highest BCUT2D eigenvalue weighted by atomic mass is 19.4. The van der Waals surface area contributed by atoms with E-state index in [4.69, 9.17) is 4.74 Å². The zero-order chi connectivity index (χ0) is 19.2. The molecule has 2 rings (SSSR count). The predicted octanol–water partition coefficient (Wildman–Crippen LogP) is 3.68. The van der Waals surface area contributed by atoms with Crippen LogP contribution in [0.25, 0.3) is 5.69 Å². The Morgan fingerprint density at radius 1 is 1.23 bits per heavy atom. The summed E-state index contributed by atoms with van der Waals surface area (Å²) in [6, 6.07) is 7.10. The van der Waals surface area contributed by atoms with Gasteiger partial charge < -0.3 is 10.1 Å². The summed E-state index contributed by atoms with van der Waals surface area (Å²) in [6.45, 7) is 5.90. The lowest BCUT2D eigenvalue weighted by atomic mass is 10.2. The first-order valence-corrected chi connectivity index (χ1v) is 8.36. The molecule has 0 radical (unpaired) electrons. The molecule has 0 unspecified atom stereocenters. The van der Waals surface area contributed by atoms with Crippen molar-refractivity contribution in [2.45, 2.75) is 26.4 Å². The molecule has 5 nitrogen and oxygen atoms in total. The summed E-state index contributed by atoms with van der Waals surface area (Å²) >= 11 is 0. The van der Waals surface area contributed by atoms with Crippen LogP contribution in [-0.2, 0) is 10.9 Å². The van der Waals surface area contributed by atoms with Crippen LogP contribution in [0.3, 0.4) is 0 Å². The summed E-state index contributed by atoms with van der Waals surface area (Å²) < 4.78 is 44.3. The molecule has 0 saturated carbocycles. The van der Waals surface area contributed by atoms with Crippen LogP contribution in [0.15, 0.2) is 36.5 Å². The average Bonchev–Trinajstić information content (AvgIpc) is 3.08. The maximum atomic E-state index is 12.6. The first-order chi connectivity index (χ1) is 12.3. The van der Waals surface area contributed by atoms with Crippen molar-refractivity contribution in [3.8, 4) is 5.69 Å². The van der Waals surface area contributed by atoms with Crippen LogP contribution in [-0.4, -0.2) is 35.4 Å². The van der Waals surface area contributed by atoms with E-state index >= 15 is 0 Å². The second-order valence-corrected chi connectivity index (χ2v) is 6.27. The van der Waals surface area contributed by atoms with Crippen molar-refractivity contribution in [3.63, 3.8) is 0 Å². The molecule has 0 spiro atoms. The molecule has 0 atom stereocenters. The van der Waals surface area contributed by atoms with E-state index in [1.807, 2.05) is 0 Å². The van der Waals surface area contributed by atoms with Crippen molar-refractivity contribution in [2.24, 2.45) is 5.92 Å². The number of halogens is 3. The molecule has 0 saturated heterocycles. The number of aromatic nitrogens is 2. The Kier molecular flexibility index (Phi) is 6.79. The Balaban J connectivity index is 1.85. The van der Waals surface area contributed by atoms with E-state index in [1.54, 1.807) is 24.3 Å². The number of amides is 1. The van der Waals surface area contributed by atoms with E-state index in [1.165, 1.54) is 6.20 Å². The van der Waals surface area contributed by atoms with Gasteiger partial charge in [0.1, 0.15) is 0 Å². The average molecular weight is 369 g/mol. The molecular weight excluding hydrogens is 347 g/mol. The predicted molar refractivity (Wildman–Crippen MR) is 91.2 cm³/mol. The number of hydrogen-bond donors (Lipinski definition) is 1. The topological polar surface area (TPSA) is 56.1 Å². The SMILES string of the molecule is CC(C)COCCCNC(=O)c1ccc(-n2ccc(C(F)(F)F)n2)cc1. The monoisotopic (exact) mass is 369 g/mol. The van der Waals surface area contributed by atoms with Gasteiger partial charge in [-0.3, -0.25) is 4.79 Å². The number of carbonyl (C=O) groups excluding carboxylic acids is 1. The van der Waals surface area contributed by atoms with Gasteiger partial charge in [-0.25, -0.2) is 4.68 Å². The van der Waals surface area contributed by atoms with E-state index < -0.39 is 11.9 Å². The third-order valence-corrected chi connectivity index (χ3v) is 3.48. The number of benzene rings is 1. The molecule has 1 heterocycles. The highest BCUT2D eigenvalue weighted by Crippen LogP contribution is 2.27. The van der Waals surface area contributed by atoms with Crippen LogP contribution in [0.1, 0.15) is 36.3 Å². The molecule has 0 aliphatic heterocycles. The van der Waals surface area contributed by atoms with Crippen LogP contribution >= 0.6 is 0 Å². The maximum absolute atomic E-state index is 12.6. The van der Waals surface area contributed by atoms with Crippen molar-refractivity contribution in [1.82, 2.24) is 15.1 Å². The molecule has 0 aliphatic rings. The van der Waals surface area contributed by atoms with Crippen LogP contribution in [0.5, 0.6) is 0 Å². The summed E-state index contributed by atoms with van der Waals surface area (Å²) in [5.74, 6) is 0.238. The van der Waals surface area contributed by atoms with E-state index in [0.717, 1.165) is 10.7 Å². The number of nitrogens with one attached hydrogen (secondary N) is 1. The second kappa shape index (κ2) is 8.84. The molecule has 8 heteroatoms. The van der Waals surface area contributed by atoms with Crippen LogP contribution in [0.2, 0.25) is 0 Å². The summed E-state index contributed by atoms with van der Waals surface area (Å²) in [4.78, 5) is 12.0. The summed E-state index contributed by atoms with van der Waals surface area (Å²) in [7, 11) is 0. The lowest BCUT2D eigenvalue weighted by Crippen LogP contribution is -2.25. The molecule has 2 aromatic rings. The molecule has 142 valence electrons. The molecule has 0 aliphatic carbocycles. The van der Waals surface area contributed by atoms with Gasteiger partial charge in [0.2, 0.25) is 0 Å². The zero-order valence-electron chi connectivity index (χ0n) is 14.7. The molecular formula is C18H22F3N3O2. The Labute approximate surface area is 150 Å². The Hall–Kier alpha value is -2.35. The number of nitrogens with zero attached hydrogens (tertiary/aromatic N) is 2.